The minimum Gasteiger partial charge on any atom is -0.480 e. The fourth-order valence-corrected chi connectivity index (χ4v) is 1.58. The van der Waals surface area contributed by atoms with Crippen LogP contribution in [0, 0.1) is 11.3 Å². The van der Waals surface area contributed by atoms with E-state index >= 15 is 0 Å². The Labute approximate surface area is 121 Å². The zero-order valence-corrected chi connectivity index (χ0v) is 11.2. The molecule has 0 fully saturated rings. The first-order valence-electron chi connectivity index (χ1n) is 6.17. The van der Waals surface area contributed by atoms with E-state index in [0.717, 1.165) is 0 Å². The maximum atomic E-state index is 11.6. The molecular weight excluding hydrogens is 270 g/mol. The summed E-state index contributed by atoms with van der Waals surface area (Å²) in [5.74, 6) is -0.0845. The molecular formula is C15H13N3O3. The number of nitrogens with two attached hydrogens (primary N) is 1. The highest BCUT2D eigenvalue weighted by atomic mass is 16.6. The number of carbonyl (C=O) groups is 1. The molecule has 21 heavy (non-hydrogen) atoms. The second-order valence-electron chi connectivity index (χ2n) is 4.15. The van der Waals surface area contributed by atoms with Crippen molar-refractivity contribution in [2.45, 2.75) is 6.61 Å². The number of hydrogen-bond donors (Lipinski definition) is 1. The van der Waals surface area contributed by atoms with Crippen molar-refractivity contribution in [2.24, 2.45) is 0 Å². The van der Waals surface area contributed by atoms with Crippen molar-refractivity contribution in [1.29, 1.82) is 5.26 Å². The second-order valence-corrected chi connectivity index (χ2v) is 4.15. The number of carbonyl (C=O) groups excluding carboxylic acids is 1. The summed E-state index contributed by atoms with van der Waals surface area (Å²) in [4.78, 5) is 15.4. The van der Waals surface area contributed by atoms with Gasteiger partial charge in [0.2, 0.25) is 0 Å². The third-order valence-corrected chi connectivity index (χ3v) is 2.60. The van der Waals surface area contributed by atoms with Crippen LogP contribution in [0.3, 0.4) is 0 Å². The maximum absolute atomic E-state index is 11.6. The summed E-state index contributed by atoms with van der Waals surface area (Å²) in [5, 5.41) is 8.72. The number of nitrogens with zero attached hydrogens (tertiary/aromatic N) is 2. The molecule has 0 saturated carbocycles. The van der Waals surface area contributed by atoms with E-state index in [-0.39, 0.29) is 18.9 Å². The summed E-state index contributed by atoms with van der Waals surface area (Å²) in [6.07, 6.45) is 1.49. The van der Waals surface area contributed by atoms with Gasteiger partial charge in [-0.25, -0.2) is 9.78 Å². The number of pyridine rings is 1. The molecule has 2 rings (SSSR count). The average molecular weight is 283 g/mol. The van der Waals surface area contributed by atoms with Gasteiger partial charge in [0.05, 0.1) is 5.69 Å². The first kappa shape index (κ1) is 14.3. The molecule has 0 aliphatic rings. The molecule has 0 spiro atoms. The van der Waals surface area contributed by atoms with E-state index in [1.165, 1.54) is 6.20 Å². The number of para-hydroxylation sites is 2. The molecule has 0 atom stereocenters. The summed E-state index contributed by atoms with van der Waals surface area (Å²) in [6.45, 7) is -0.173. The van der Waals surface area contributed by atoms with E-state index in [0.29, 0.717) is 17.0 Å². The minimum atomic E-state index is -0.520. The number of aromatic nitrogens is 1. The minimum absolute atomic E-state index is 0.0592. The van der Waals surface area contributed by atoms with Gasteiger partial charge in [-0.1, -0.05) is 12.1 Å². The number of nitrogen functional groups attached to an aromatic ring is 1. The second kappa shape index (κ2) is 6.91. The Balaban J connectivity index is 1.82. The molecule has 0 amide bonds. The van der Waals surface area contributed by atoms with Gasteiger partial charge in [-0.15, -0.1) is 0 Å². The monoisotopic (exact) mass is 283 g/mol. The van der Waals surface area contributed by atoms with E-state index in [1.54, 1.807) is 36.4 Å². The Morgan fingerprint density at radius 2 is 2.14 bits per heavy atom. The standard InChI is InChI=1S/C15H13N3O3/c16-8-12-7-11(5-6-18-12)9-21-15(19)10-20-14-4-2-1-3-13(14)17/h1-7H,9-10,17H2. The van der Waals surface area contributed by atoms with Crippen LogP contribution in [0.15, 0.2) is 42.6 Å². The number of rotatable bonds is 5. The van der Waals surface area contributed by atoms with Crippen LogP contribution in [0.4, 0.5) is 5.69 Å². The van der Waals surface area contributed by atoms with Crippen molar-refractivity contribution in [3.63, 3.8) is 0 Å². The van der Waals surface area contributed by atoms with Gasteiger partial charge < -0.3 is 15.2 Å². The van der Waals surface area contributed by atoms with Crippen molar-refractivity contribution in [1.82, 2.24) is 4.98 Å². The first-order chi connectivity index (χ1) is 10.2. The van der Waals surface area contributed by atoms with Crippen molar-refractivity contribution >= 4 is 11.7 Å². The van der Waals surface area contributed by atoms with E-state index in [2.05, 4.69) is 4.98 Å². The van der Waals surface area contributed by atoms with Crippen molar-refractivity contribution < 1.29 is 14.3 Å². The third-order valence-electron chi connectivity index (χ3n) is 2.60. The molecule has 2 N–H and O–H groups in total. The topological polar surface area (TPSA) is 98.2 Å². The molecule has 0 aliphatic carbocycles. The fraction of sp³-hybridized carbons (Fsp3) is 0.133. The smallest absolute Gasteiger partial charge is 0.344 e. The van der Waals surface area contributed by atoms with Crippen LogP contribution >= 0.6 is 0 Å². The zero-order chi connectivity index (χ0) is 15.1. The van der Waals surface area contributed by atoms with E-state index < -0.39 is 5.97 Å². The highest BCUT2D eigenvalue weighted by Gasteiger charge is 2.07. The highest BCUT2D eigenvalue weighted by molar-refractivity contribution is 5.71. The molecule has 106 valence electrons. The molecule has 0 aliphatic heterocycles. The third kappa shape index (κ3) is 4.21. The normalized spacial score (nSPS) is 9.67. The van der Waals surface area contributed by atoms with Gasteiger partial charge in [0.15, 0.2) is 6.61 Å². The molecule has 1 aromatic carbocycles. The van der Waals surface area contributed by atoms with Gasteiger partial charge in [0.25, 0.3) is 0 Å². The summed E-state index contributed by atoms with van der Waals surface area (Å²) in [6, 6.07) is 12.0. The van der Waals surface area contributed by atoms with E-state index in [4.69, 9.17) is 20.5 Å². The van der Waals surface area contributed by atoms with Crippen LogP contribution in [-0.4, -0.2) is 17.6 Å². The van der Waals surface area contributed by atoms with E-state index in [9.17, 15) is 4.79 Å². The van der Waals surface area contributed by atoms with E-state index in [1.807, 2.05) is 6.07 Å². The number of nitriles is 1. The van der Waals surface area contributed by atoms with Gasteiger partial charge in [-0.2, -0.15) is 5.26 Å². The number of benzene rings is 1. The van der Waals surface area contributed by atoms with Gasteiger partial charge in [0.1, 0.15) is 24.1 Å². The number of hydrogen-bond acceptors (Lipinski definition) is 6. The molecule has 0 radical (unpaired) electrons. The summed E-state index contributed by atoms with van der Waals surface area (Å²) in [7, 11) is 0. The average Bonchev–Trinajstić information content (AvgIpc) is 2.52. The lowest BCUT2D eigenvalue weighted by Crippen LogP contribution is -2.15. The van der Waals surface area contributed by atoms with Gasteiger partial charge >= 0.3 is 5.97 Å². The van der Waals surface area contributed by atoms with Crippen LogP contribution in [0.1, 0.15) is 11.3 Å². The fourth-order valence-electron chi connectivity index (χ4n) is 1.58. The molecule has 2 aromatic rings. The number of ether oxygens (including phenoxy) is 2. The largest absolute Gasteiger partial charge is 0.480 e. The molecule has 6 nitrogen and oxygen atoms in total. The van der Waals surface area contributed by atoms with Crippen LogP contribution in [0.25, 0.3) is 0 Å². The molecule has 0 unspecified atom stereocenters. The van der Waals surface area contributed by atoms with Crippen LogP contribution < -0.4 is 10.5 Å². The lowest BCUT2D eigenvalue weighted by atomic mass is 10.2. The predicted molar refractivity (Wildman–Crippen MR) is 75.1 cm³/mol. The van der Waals surface area contributed by atoms with Crippen molar-refractivity contribution in [3.05, 3.63) is 53.9 Å². The Bertz CT molecular complexity index is 680. The quantitative estimate of drug-likeness (QED) is 0.662. The Kier molecular flexibility index (Phi) is 4.72. The van der Waals surface area contributed by atoms with Crippen LogP contribution in [0.5, 0.6) is 5.75 Å². The predicted octanol–water partition coefficient (Wildman–Crippen LogP) is 1.66. The van der Waals surface area contributed by atoms with Crippen LogP contribution in [0.2, 0.25) is 0 Å². The SMILES string of the molecule is N#Cc1cc(COC(=O)COc2ccccc2N)ccn1. The molecule has 6 heteroatoms. The Hall–Kier alpha value is -3.07. The lowest BCUT2D eigenvalue weighted by molar-refractivity contribution is -0.147. The van der Waals surface area contributed by atoms with Crippen molar-refractivity contribution in [3.8, 4) is 11.8 Å². The Morgan fingerprint density at radius 3 is 2.90 bits per heavy atom. The molecule has 0 bridgehead atoms. The first-order valence-corrected chi connectivity index (χ1v) is 6.17. The Morgan fingerprint density at radius 1 is 1.33 bits per heavy atom. The summed E-state index contributed by atoms with van der Waals surface area (Å²) >= 11 is 0. The highest BCUT2D eigenvalue weighted by Crippen LogP contribution is 2.19. The van der Waals surface area contributed by atoms with Gasteiger partial charge in [0, 0.05) is 6.20 Å². The number of anilines is 1. The summed E-state index contributed by atoms with van der Waals surface area (Å²) in [5.41, 5.74) is 7.11. The number of esters is 1. The van der Waals surface area contributed by atoms with Gasteiger partial charge in [-0.3, -0.25) is 0 Å². The maximum Gasteiger partial charge on any atom is 0.344 e. The zero-order valence-electron chi connectivity index (χ0n) is 11.2. The van der Waals surface area contributed by atoms with Gasteiger partial charge in [-0.05, 0) is 29.8 Å². The lowest BCUT2D eigenvalue weighted by Gasteiger charge is -2.08. The van der Waals surface area contributed by atoms with Crippen LogP contribution in [-0.2, 0) is 16.1 Å². The van der Waals surface area contributed by atoms with Crippen molar-refractivity contribution in [2.75, 3.05) is 12.3 Å². The summed E-state index contributed by atoms with van der Waals surface area (Å²) < 4.78 is 10.3. The molecule has 1 aromatic heterocycles. The molecule has 1 heterocycles. The molecule has 0 saturated heterocycles.